The van der Waals surface area contributed by atoms with Crippen molar-refractivity contribution in [2.24, 2.45) is 0 Å². The molecule has 0 bridgehead atoms. The van der Waals surface area contributed by atoms with E-state index in [-0.39, 0.29) is 16.6 Å². The van der Waals surface area contributed by atoms with Crippen LogP contribution in [0.5, 0.6) is 0 Å². The number of anilines is 1. The van der Waals surface area contributed by atoms with Gasteiger partial charge < -0.3 is 14.7 Å². The van der Waals surface area contributed by atoms with Crippen molar-refractivity contribution in [1.29, 1.82) is 0 Å². The Morgan fingerprint density at radius 2 is 1.81 bits per heavy atom. The fourth-order valence-electron chi connectivity index (χ4n) is 2.97. The first-order valence-corrected chi connectivity index (χ1v) is 8.86. The summed E-state index contributed by atoms with van der Waals surface area (Å²) in [7, 11) is 3.48. The lowest BCUT2D eigenvalue weighted by Gasteiger charge is -2.37. The highest BCUT2D eigenvalue weighted by Gasteiger charge is 2.24. The molecule has 0 unspecified atom stereocenters. The van der Waals surface area contributed by atoms with Crippen LogP contribution >= 0.6 is 11.6 Å². The Morgan fingerprint density at radius 3 is 2.42 bits per heavy atom. The number of hydrogen-bond acceptors (Lipinski definition) is 4. The monoisotopic (exact) mass is 375 g/mol. The molecule has 1 saturated heterocycles. The van der Waals surface area contributed by atoms with Crippen LogP contribution in [0, 0.1) is 0 Å². The molecule has 0 radical (unpaired) electrons. The van der Waals surface area contributed by atoms with Gasteiger partial charge in [-0.1, -0.05) is 41.9 Å². The largest absolute Gasteiger partial charge is 0.365 e. The molecule has 2 amide bonds. The predicted molar refractivity (Wildman–Crippen MR) is 102 cm³/mol. The average Bonchev–Trinajstić information content (AvgIpc) is 2.66. The van der Waals surface area contributed by atoms with Gasteiger partial charge in [0.05, 0.1) is 18.4 Å². The molecule has 0 aliphatic carbocycles. The third-order valence-electron chi connectivity index (χ3n) is 4.42. The van der Waals surface area contributed by atoms with E-state index in [1.807, 2.05) is 35.2 Å². The second-order valence-corrected chi connectivity index (χ2v) is 6.82. The number of urea groups is 1. The summed E-state index contributed by atoms with van der Waals surface area (Å²) < 4.78 is 1.37. The van der Waals surface area contributed by atoms with Gasteiger partial charge in [0, 0.05) is 40.3 Å². The van der Waals surface area contributed by atoms with Crippen molar-refractivity contribution >= 4 is 23.3 Å². The highest BCUT2D eigenvalue weighted by atomic mass is 35.5. The van der Waals surface area contributed by atoms with Crippen LogP contribution in [0.15, 0.2) is 41.3 Å². The predicted octanol–water partition coefficient (Wildman–Crippen LogP) is 1.75. The fourth-order valence-corrected chi connectivity index (χ4v) is 3.23. The topological polar surface area (TPSA) is 61.7 Å². The van der Waals surface area contributed by atoms with Crippen LogP contribution in [0.2, 0.25) is 5.02 Å². The van der Waals surface area contributed by atoms with Gasteiger partial charge >= 0.3 is 6.03 Å². The highest BCUT2D eigenvalue weighted by Crippen LogP contribution is 2.22. The highest BCUT2D eigenvalue weighted by molar-refractivity contribution is 6.33. The Hall–Kier alpha value is -2.54. The molecule has 138 valence electrons. The third kappa shape index (κ3) is 3.83. The van der Waals surface area contributed by atoms with Crippen LogP contribution in [0.3, 0.4) is 0 Å². The number of halogens is 1. The van der Waals surface area contributed by atoms with E-state index < -0.39 is 0 Å². The molecular weight excluding hydrogens is 354 g/mol. The van der Waals surface area contributed by atoms with Crippen LogP contribution < -0.4 is 10.5 Å². The second kappa shape index (κ2) is 7.78. The number of amides is 2. The zero-order chi connectivity index (χ0) is 18.7. The van der Waals surface area contributed by atoms with E-state index in [4.69, 9.17) is 11.6 Å². The Morgan fingerprint density at radius 1 is 1.15 bits per heavy atom. The SMILES string of the molecule is CN(C)C(=O)N1CCN(c2cnn(Cc3ccccc3)c(=O)c2Cl)CC1. The van der Waals surface area contributed by atoms with Gasteiger partial charge in [-0.15, -0.1) is 0 Å². The number of nitrogens with zero attached hydrogens (tertiary/aromatic N) is 5. The molecule has 1 aromatic heterocycles. The molecule has 26 heavy (non-hydrogen) atoms. The minimum absolute atomic E-state index is 0.00727. The Kier molecular flexibility index (Phi) is 5.46. The van der Waals surface area contributed by atoms with Crippen LogP contribution in [0.4, 0.5) is 10.5 Å². The maximum absolute atomic E-state index is 12.6. The third-order valence-corrected chi connectivity index (χ3v) is 4.77. The summed E-state index contributed by atoms with van der Waals surface area (Å²) in [6.45, 7) is 2.78. The molecule has 1 aliphatic heterocycles. The van der Waals surface area contributed by atoms with Crippen LogP contribution in [0.1, 0.15) is 5.56 Å². The van der Waals surface area contributed by atoms with Crippen LogP contribution in [-0.2, 0) is 6.54 Å². The smallest absolute Gasteiger partial charge is 0.319 e. The van der Waals surface area contributed by atoms with E-state index in [9.17, 15) is 9.59 Å². The van der Waals surface area contributed by atoms with Gasteiger partial charge in [0.2, 0.25) is 0 Å². The first-order chi connectivity index (χ1) is 12.5. The molecule has 0 atom stereocenters. The first kappa shape index (κ1) is 18.3. The van der Waals surface area contributed by atoms with E-state index in [1.54, 1.807) is 30.1 Å². The van der Waals surface area contributed by atoms with Gasteiger partial charge in [0.15, 0.2) is 0 Å². The maximum atomic E-state index is 12.6. The second-order valence-electron chi connectivity index (χ2n) is 6.44. The molecule has 2 aromatic rings. The normalized spacial score (nSPS) is 14.4. The van der Waals surface area contributed by atoms with Crippen LogP contribution in [0.25, 0.3) is 0 Å². The summed E-state index contributed by atoms with van der Waals surface area (Å²) in [4.78, 5) is 29.9. The van der Waals surface area contributed by atoms with E-state index in [0.29, 0.717) is 38.4 Å². The molecule has 7 nitrogen and oxygen atoms in total. The summed E-state index contributed by atoms with van der Waals surface area (Å²) >= 11 is 6.34. The van der Waals surface area contributed by atoms with Crippen molar-refractivity contribution in [2.45, 2.75) is 6.54 Å². The molecule has 2 heterocycles. The first-order valence-electron chi connectivity index (χ1n) is 8.48. The van der Waals surface area contributed by atoms with Gasteiger partial charge in [0.25, 0.3) is 5.56 Å². The number of carbonyl (C=O) groups is 1. The Balaban J connectivity index is 1.73. The summed E-state index contributed by atoms with van der Waals surface area (Å²) in [6.07, 6.45) is 1.64. The lowest BCUT2D eigenvalue weighted by Crippen LogP contribution is -2.51. The van der Waals surface area contributed by atoms with Gasteiger partial charge in [-0.3, -0.25) is 4.79 Å². The summed E-state index contributed by atoms with van der Waals surface area (Å²) in [6, 6.07) is 9.65. The zero-order valence-electron chi connectivity index (χ0n) is 14.9. The molecule has 0 saturated carbocycles. The number of benzene rings is 1. The van der Waals surface area contributed by atoms with Gasteiger partial charge in [0.1, 0.15) is 5.02 Å². The molecule has 8 heteroatoms. The zero-order valence-corrected chi connectivity index (χ0v) is 15.7. The molecule has 1 aromatic carbocycles. The minimum Gasteiger partial charge on any atom is -0.365 e. The molecule has 1 fully saturated rings. The number of hydrogen-bond donors (Lipinski definition) is 0. The van der Waals surface area contributed by atoms with Gasteiger partial charge in [-0.05, 0) is 5.56 Å². The number of aromatic nitrogens is 2. The number of piperazine rings is 1. The fraction of sp³-hybridized carbons (Fsp3) is 0.389. The lowest BCUT2D eigenvalue weighted by molar-refractivity contribution is 0.168. The molecule has 3 rings (SSSR count). The van der Waals surface area contributed by atoms with Crippen molar-refractivity contribution in [3.8, 4) is 0 Å². The van der Waals surface area contributed by atoms with Crippen molar-refractivity contribution in [2.75, 3.05) is 45.2 Å². The quantitative estimate of drug-likeness (QED) is 0.820. The average molecular weight is 376 g/mol. The minimum atomic E-state index is -0.306. The number of carbonyl (C=O) groups excluding carboxylic acids is 1. The Bertz CT molecular complexity index is 829. The maximum Gasteiger partial charge on any atom is 0.319 e. The summed E-state index contributed by atoms with van der Waals surface area (Å²) in [5.74, 6) is 0. The van der Waals surface area contributed by atoms with E-state index in [0.717, 1.165) is 5.56 Å². The molecule has 1 aliphatic rings. The standard InChI is InChI=1S/C18H22ClN5O2/c1-21(2)18(26)23-10-8-22(9-11-23)15-12-20-24(17(25)16(15)19)13-14-6-4-3-5-7-14/h3-7,12H,8-11,13H2,1-2H3. The van der Waals surface area contributed by atoms with E-state index >= 15 is 0 Å². The van der Waals surface area contributed by atoms with Crippen molar-refractivity contribution in [1.82, 2.24) is 19.6 Å². The summed E-state index contributed by atoms with van der Waals surface area (Å²) in [5.41, 5.74) is 1.31. The Labute approximate surface area is 157 Å². The van der Waals surface area contributed by atoms with E-state index in [2.05, 4.69) is 5.10 Å². The number of rotatable bonds is 3. The molecule has 0 N–H and O–H groups in total. The van der Waals surface area contributed by atoms with Gasteiger partial charge in [-0.25, -0.2) is 9.48 Å². The van der Waals surface area contributed by atoms with Crippen molar-refractivity contribution in [3.05, 3.63) is 57.5 Å². The van der Waals surface area contributed by atoms with E-state index in [1.165, 1.54) is 4.68 Å². The lowest BCUT2D eigenvalue weighted by atomic mass is 10.2. The van der Waals surface area contributed by atoms with Crippen molar-refractivity contribution < 1.29 is 4.79 Å². The van der Waals surface area contributed by atoms with Gasteiger partial charge in [-0.2, -0.15) is 5.10 Å². The molecular formula is C18H22ClN5O2. The summed E-state index contributed by atoms with van der Waals surface area (Å²) in [5, 5.41) is 4.45. The van der Waals surface area contributed by atoms with Crippen LogP contribution in [-0.4, -0.2) is 65.9 Å². The van der Waals surface area contributed by atoms with Crippen molar-refractivity contribution in [3.63, 3.8) is 0 Å². The molecule has 0 spiro atoms.